The zero-order valence-corrected chi connectivity index (χ0v) is 9.28. The average molecular weight is 208 g/mol. The number of hydrogen-bond acceptors (Lipinski definition) is 3. The average Bonchev–Trinajstić information content (AvgIpc) is 2.15. The summed E-state index contributed by atoms with van der Waals surface area (Å²) in [6.45, 7) is 3.51. The summed E-state index contributed by atoms with van der Waals surface area (Å²) in [6, 6.07) is 5.35. The monoisotopic (exact) mass is 208 g/mol. The van der Waals surface area contributed by atoms with Crippen LogP contribution in [0.5, 0.6) is 5.75 Å². The lowest BCUT2D eigenvalue weighted by molar-refractivity contribution is 0.0901. The Kier molecular flexibility index (Phi) is 3.86. The maximum absolute atomic E-state index is 11.7. The first-order valence-electron chi connectivity index (χ1n) is 4.90. The van der Waals surface area contributed by atoms with E-state index in [-0.39, 0.29) is 12.2 Å². The highest BCUT2D eigenvalue weighted by Crippen LogP contribution is 2.18. The molecule has 1 aromatic carbocycles. The first-order chi connectivity index (χ1) is 7.02. The van der Waals surface area contributed by atoms with Crippen LogP contribution in [0, 0.1) is 6.92 Å². The summed E-state index contributed by atoms with van der Waals surface area (Å²) in [5.41, 5.74) is 1.57. The van der Waals surface area contributed by atoms with E-state index in [2.05, 4.69) is 0 Å². The van der Waals surface area contributed by atoms with E-state index in [1.54, 1.807) is 26.2 Å². The standard InChI is InChI=1S/C12H16O3/c1-8-4-10(7-11(5-8)15-3)12(14)6-9(2)13/h4-5,7,9,13H,6H2,1-3H3. The number of carbonyl (C=O) groups is 1. The molecule has 0 saturated heterocycles. The maximum atomic E-state index is 11.7. The van der Waals surface area contributed by atoms with Gasteiger partial charge in [-0.05, 0) is 37.6 Å². The molecule has 82 valence electrons. The third kappa shape index (κ3) is 3.36. The van der Waals surface area contributed by atoms with E-state index < -0.39 is 6.10 Å². The minimum Gasteiger partial charge on any atom is -0.497 e. The number of aryl methyl sites for hydroxylation is 1. The van der Waals surface area contributed by atoms with Gasteiger partial charge in [0.1, 0.15) is 5.75 Å². The quantitative estimate of drug-likeness (QED) is 0.769. The van der Waals surface area contributed by atoms with Crippen LogP contribution in [-0.2, 0) is 0 Å². The lowest BCUT2D eigenvalue weighted by Gasteiger charge is -2.07. The molecule has 1 N–H and O–H groups in total. The van der Waals surface area contributed by atoms with Crippen molar-refractivity contribution >= 4 is 5.78 Å². The first-order valence-corrected chi connectivity index (χ1v) is 4.90. The Morgan fingerprint density at radius 2 is 2.13 bits per heavy atom. The number of carbonyl (C=O) groups excluding carboxylic acids is 1. The molecular formula is C12H16O3. The second-order valence-corrected chi connectivity index (χ2v) is 3.72. The summed E-state index contributed by atoms with van der Waals surface area (Å²) >= 11 is 0. The number of rotatable bonds is 4. The van der Waals surface area contributed by atoms with E-state index in [1.165, 1.54) is 0 Å². The fourth-order valence-electron chi connectivity index (χ4n) is 1.41. The van der Waals surface area contributed by atoms with E-state index in [0.717, 1.165) is 5.56 Å². The molecule has 0 bridgehead atoms. The summed E-state index contributed by atoms with van der Waals surface area (Å²) in [5.74, 6) is 0.607. The molecule has 0 amide bonds. The highest BCUT2D eigenvalue weighted by molar-refractivity contribution is 5.96. The van der Waals surface area contributed by atoms with E-state index in [9.17, 15) is 4.79 Å². The lowest BCUT2D eigenvalue weighted by atomic mass is 10.0. The van der Waals surface area contributed by atoms with Crippen molar-refractivity contribution in [3.05, 3.63) is 29.3 Å². The third-order valence-corrected chi connectivity index (χ3v) is 2.09. The van der Waals surface area contributed by atoms with Crippen molar-refractivity contribution in [2.24, 2.45) is 0 Å². The van der Waals surface area contributed by atoms with E-state index >= 15 is 0 Å². The van der Waals surface area contributed by atoms with Crippen molar-refractivity contribution in [1.82, 2.24) is 0 Å². The number of ether oxygens (including phenoxy) is 1. The van der Waals surface area contributed by atoms with Gasteiger partial charge in [-0.1, -0.05) is 0 Å². The van der Waals surface area contributed by atoms with Crippen molar-refractivity contribution < 1.29 is 14.6 Å². The summed E-state index contributed by atoms with van der Waals surface area (Å²) in [4.78, 5) is 11.7. The van der Waals surface area contributed by atoms with Crippen molar-refractivity contribution in [3.63, 3.8) is 0 Å². The zero-order chi connectivity index (χ0) is 11.4. The van der Waals surface area contributed by atoms with Gasteiger partial charge in [-0.3, -0.25) is 4.79 Å². The number of Topliss-reactive ketones (excluding diaryl/α,β-unsaturated/α-hetero) is 1. The molecular weight excluding hydrogens is 192 g/mol. The van der Waals surface area contributed by atoms with Gasteiger partial charge >= 0.3 is 0 Å². The van der Waals surface area contributed by atoms with Crippen LogP contribution in [0.25, 0.3) is 0 Å². The number of ketones is 1. The number of benzene rings is 1. The Hall–Kier alpha value is -1.35. The van der Waals surface area contributed by atoms with Gasteiger partial charge in [-0.15, -0.1) is 0 Å². The van der Waals surface area contributed by atoms with Crippen LogP contribution in [0.4, 0.5) is 0 Å². The molecule has 0 fully saturated rings. The fourth-order valence-corrected chi connectivity index (χ4v) is 1.41. The van der Waals surface area contributed by atoms with Crippen LogP contribution < -0.4 is 4.74 Å². The predicted molar refractivity (Wildman–Crippen MR) is 58.4 cm³/mol. The van der Waals surface area contributed by atoms with Crippen molar-refractivity contribution in [2.45, 2.75) is 26.4 Å². The predicted octanol–water partition coefficient (Wildman–Crippen LogP) is 1.96. The molecule has 0 aliphatic rings. The summed E-state index contributed by atoms with van der Waals surface area (Å²) in [7, 11) is 1.57. The van der Waals surface area contributed by atoms with Gasteiger partial charge in [-0.2, -0.15) is 0 Å². The van der Waals surface area contributed by atoms with Crippen LogP contribution in [0.3, 0.4) is 0 Å². The maximum Gasteiger partial charge on any atom is 0.165 e. The van der Waals surface area contributed by atoms with Gasteiger partial charge in [0.15, 0.2) is 5.78 Å². The van der Waals surface area contributed by atoms with Crippen LogP contribution >= 0.6 is 0 Å². The second kappa shape index (κ2) is 4.94. The fraction of sp³-hybridized carbons (Fsp3) is 0.417. The molecule has 1 aromatic rings. The minimum absolute atomic E-state index is 0.0630. The Morgan fingerprint density at radius 3 is 2.67 bits per heavy atom. The molecule has 0 spiro atoms. The van der Waals surface area contributed by atoms with Crippen molar-refractivity contribution in [2.75, 3.05) is 7.11 Å². The molecule has 1 atom stereocenters. The van der Waals surface area contributed by atoms with Gasteiger partial charge in [0.2, 0.25) is 0 Å². The Balaban J connectivity index is 2.93. The van der Waals surface area contributed by atoms with Gasteiger partial charge in [-0.25, -0.2) is 0 Å². The SMILES string of the molecule is COc1cc(C)cc(C(=O)CC(C)O)c1. The normalized spacial score (nSPS) is 12.3. The van der Waals surface area contributed by atoms with E-state index in [0.29, 0.717) is 11.3 Å². The Labute approximate surface area is 89.7 Å². The van der Waals surface area contributed by atoms with Gasteiger partial charge in [0.25, 0.3) is 0 Å². The molecule has 15 heavy (non-hydrogen) atoms. The van der Waals surface area contributed by atoms with E-state index in [1.807, 2.05) is 13.0 Å². The molecule has 3 heteroatoms. The molecule has 3 nitrogen and oxygen atoms in total. The molecule has 0 heterocycles. The molecule has 0 aliphatic heterocycles. The Morgan fingerprint density at radius 1 is 1.47 bits per heavy atom. The molecule has 0 radical (unpaired) electrons. The minimum atomic E-state index is -0.607. The topological polar surface area (TPSA) is 46.5 Å². The van der Waals surface area contributed by atoms with Gasteiger partial charge in [0, 0.05) is 12.0 Å². The van der Waals surface area contributed by atoms with Crippen LogP contribution in [0.1, 0.15) is 29.3 Å². The molecule has 1 rings (SSSR count). The third-order valence-electron chi connectivity index (χ3n) is 2.09. The molecule has 1 unspecified atom stereocenters. The van der Waals surface area contributed by atoms with Gasteiger partial charge < -0.3 is 9.84 Å². The summed E-state index contributed by atoms with van der Waals surface area (Å²) < 4.78 is 5.08. The zero-order valence-electron chi connectivity index (χ0n) is 9.28. The molecule has 0 aromatic heterocycles. The van der Waals surface area contributed by atoms with Crippen molar-refractivity contribution in [1.29, 1.82) is 0 Å². The first kappa shape index (κ1) is 11.7. The largest absolute Gasteiger partial charge is 0.497 e. The summed E-state index contributed by atoms with van der Waals surface area (Å²) in [6.07, 6.45) is -0.462. The molecule has 0 aliphatic carbocycles. The lowest BCUT2D eigenvalue weighted by Crippen LogP contribution is -2.09. The Bertz CT molecular complexity index is 356. The number of aliphatic hydroxyl groups is 1. The van der Waals surface area contributed by atoms with Crippen LogP contribution in [0.15, 0.2) is 18.2 Å². The smallest absolute Gasteiger partial charge is 0.165 e. The van der Waals surface area contributed by atoms with Crippen molar-refractivity contribution in [3.8, 4) is 5.75 Å². The second-order valence-electron chi connectivity index (χ2n) is 3.72. The highest BCUT2D eigenvalue weighted by atomic mass is 16.5. The summed E-state index contributed by atoms with van der Waals surface area (Å²) in [5, 5.41) is 9.13. The highest BCUT2D eigenvalue weighted by Gasteiger charge is 2.10. The number of hydrogen-bond donors (Lipinski definition) is 1. The van der Waals surface area contributed by atoms with E-state index in [4.69, 9.17) is 9.84 Å². The van der Waals surface area contributed by atoms with Gasteiger partial charge in [0.05, 0.1) is 13.2 Å². The van der Waals surface area contributed by atoms with Crippen LogP contribution in [0.2, 0.25) is 0 Å². The molecule has 0 saturated carbocycles. The number of methoxy groups -OCH3 is 1. The number of aliphatic hydroxyl groups excluding tert-OH is 1. The van der Waals surface area contributed by atoms with Crippen LogP contribution in [-0.4, -0.2) is 24.1 Å².